The van der Waals surface area contributed by atoms with Crippen molar-refractivity contribution in [2.45, 2.75) is 0 Å². The van der Waals surface area contributed by atoms with E-state index in [0.29, 0.717) is 10.2 Å². The molecule has 88 valence electrons. The molecule has 0 aliphatic heterocycles. The summed E-state index contributed by atoms with van der Waals surface area (Å²) in [7, 11) is -4.05. The van der Waals surface area contributed by atoms with E-state index in [-0.39, 0.29) is 6.54 Å². The lowest BCUT2D eigenvalue weighted by Crippen LogP contribution is -2.28. The predicted molar refractivity (Wildman–Crippen MR) is 60.7 cm³/mol. The predicted octanol–water partition coefficient (Wildman–Crippen LogP) is 0.462. The second-order valence-electron chi connectivity index (χ2n) is 2.91. The topological polar surface area (TPSA) is 96.4 Å². The lowest BCUT2D eigenvalue weighted by Gasteiger charge is -2.03. The molecule has 0 radical (unpaired) electrons. The molecule has 1 amide bonds. The second-order valence-corrected chi connectivity index (χ2v) is 5.30. The van der Waals surface area contributed by atoms with Gasteiger partial charge in [0.05, 0.1) is 11.3 Å². The molecule has 0 saturated heterocycles. The van der Waals surface area contributed by atoms with Gasteiger partial charge in [-0.05, 0) is 28.1 Å². The van der Waals surface area contributed by atoms with E-state index in [1.165, 1.54) is 6.20 Å². The van der Waals surface area contributed by atoms with Gasteiger partial charge in [0.25, 0.3) is 16.0 Å². The van der Waals surface area contributed by atoms with Crippen molar-refractivity contribution in [1.82, 2.24) is 10.3 Å². The summed E-state index contributed by atoms with van der Waals surface area (Å²) in [4.78, 5) is 15.2. The fourth-order valence-electron chi connectivity index (χ4n) is 0.906. The summed E-state index contributed by atoms with van der Waals surface area (Å²) in [6.07, 6.45) is 1.35. The van der Waals surface area contributed by atoms with Crippen LogP contribution in [-0.2, 0) is 10.1 Å². The van der Waals surface area contributed by atoms with Crippen LogP contribution in [0.1, 0.15) is 10.4 Å². The molecule has 0 unspecified atom stereocenters. The van der Waals surface area contributed by atoms with Crippen LogP contribution in [0.25, 0.3) is 0 Å². The lowest BCUT2D eigenvalue weighted by molar-refractivity contribution is 0.0955. The van der Waals surface area contributed by atoms with Gasteiger partial charge in [-0.2, -0.15) is 8.42 Å². The monoisotopic (exact) mass is 308 g/mol. The fraction of sp³-hybridized carbons (Fsp3) is 0.250. The second kappa shape index (κ2) is 5.37. The van der Waals surface area contributed by atoms with Gasteiger partial charge in [0.1, 0.15) is 4.60 Å². The third kappa shape index (κ3) is 4.69. The Morgan fingerprint density at radius 1 is 1.50 bits per heavy atom. The highest BCUT2D eigenvalue weighted by molar-refractivity contribution is 9.10. The van der Waals surface area contributed by atoms with Crippen molar-refractivity contribution in [2.75, 3.05) is 12.3 Å². The maximum atomic E-state index is 11.4. The van der Waals surface area contributed by atoms with E-state index in [1.807, 2.05) is 0 Å². The normalized spacial score (nSPS) is 11.1. The van der Waals surface area contributed by atoms with Gasteiger partial charge < -0.3 is 5.32 Å². The van der Waals surface area contributed by atoms with Gasteiger partial charge >= 0.3 is 0 Å². The van der Waals surface area contributed by atoms with Crippen LogP contribution in [0, 0.1) is 0 Å². The number of halogens is 1. The Bertz CT molecular complexity index is 471. The number of hydrogen-bond acceptors (Lipinski definition) is 4. The summed E-state index contributed by atoms with van der Waals surface area (Å²) in [6, 6.07) is 3.14. The van der Waals surface area contributed by atoms with E-state index in [4.69, 9.17) is 4.55 Å². The van der Waals surface area contributed by atoms with E-state index in [0.717, 1.165) is 0 Å². The van der Waals surface area contributed by atoms with Crippen molar-refractivity contribution in [2.24, 2.45) is 0 Å². The Labute approximate surface area is 101 Å². The van der Waals surface area contributed by atoms with E-state index < -0.39 is 21.8 Å². The fourth-order valence-corrected chi connectivity index (χ4v) is 1.50. The SMILES string of the molecule is O=C(NCCS(=O)(=O)O)c1ccc(Br)nc1. The molecule has 1 rings (SSSR count). The molecule has 0 aliphatic carbocycles. The molecule has 0 aromatic carbocycles. The molecule has 1 heterocycles. The highest BCUT2D eigenvalue weighted by Crippen LogP contribution is 2.05. The number of carbonyl (C=O) groups excluding carboxylic acids is 1. The zero-order valence-electron chi connectivity index (χ0n) is 8.05. The highest BCUT2D eigenvalue weighted by Gasteiger charge is 2.08. The molecule has 0 atom stereocenters. The molecule has 1 aromatic heterocycles. The van der Waals surface area contributed by atoms with Gasteiger partial charge in [0.15, 0.2) is 0 Å². The number of carbonyl (C=O) groups is 1. The third-order valence-electron chi connectivity index (χ3n) is 1.64. The minimum Gasteiger partial charge on any atom is -0.351 e. The average molecular weight is 309 g/mol. The Kier molecular flexibility index (Phi) is 4.39. The molecule has 6 nitrogen and oxygen atoms in total. The molecular formula is C8H9BrN2O4S. The van der Waals surface area contributed by atoms with E-state index in [9.17, 15) is 13.2 Å². The minimum atomic E-state index is -4.05. The van der Waals surface area contributed by atoms with Gasteiger partial charge in [-0.3, -0.25) is 9.35 Å². The average Bonchev–Trinajstić information content (AvgIpc) is 2.16. The Morgan fingerprint density at radius 3 is 2.69 bits per heavy atom. The number of aromatic nitrogens is 1. The van der Waals surface area contributed by atoms with E-state index in [1.54, 1.807) is 12.1 Å². The third-order valence-corrected chi connectivity index (χ3v) is 2.82. The van der Waals surface area contributed by atoms with Crippen LogP contribution in [0.2, 0.25) is 0 Å². The first-order chi connectivity index (χ1) is 7.38. The molecule has 0 fully saturated rings. The first-order valence-corrected chi connectivity index (χ1v) is 6.63. The molecule has 1 aromatic rings. The largest absolute Gasteiger partial charge is 0.351 e. The van der Waals surface area contributed by atoms with Gasteiger partial charge in [-0.15, -0.1) is 0 Å². The zero-order valence-corrected chi connectivity index (χ0v) is 10.5. The number of nitrogens with zero attached hydrogens (tertiary/aromatic N) is 1. The van der Waals surface area contributed by atoms with Crippen molar-refractivity contribution in [3.8, 4) is 0 Å². The first kappa shape index (κ1) is 13.1. The van der Waals surface area contributed by atoms with Crippen molar-refractivity contribution in [3.63, 3.8) is 0 Å². The summed E-state index contributed by atoms with van der Waals surface area (Å²) in [5.74, 6) is -0.952. The maximum absolute atomic E-state index is 11.4. The molecule has 16 heavy (non-hydrogen) atoms. The minimum absolute atomic E-state index is 0.145. The van der Waals surface area contributed by atoms with Crippen LogP contribution < -0.4 is 5.32 Å². The number of rotatable bonds is 4. The van der Waals surface area contributed by atoms with Crippen molar-refractivity contribution >= 4 is 32.0 Å². The number of pyridine rings is 1. The standard InChI is InChI=1S/C8H9BrN2O4S/c9-7-2-1-6(5-11-7)8(12)10-3-4-16(13,14)15/h1-2,5H,3-4H2,(H,10,12)(H,13,14,15). The summed E-state index contributed by atoms with van der Waals surface area (Å²) >= 11 is 3.12. The highest BCUT2D eigenvalue weighted by atomic mass is 79.9. The molecule has 0 spiro atoms. The summed E-state index contributed by atoms with van der Waals surface area (Å²) in [5.41, 5.74) is 0.318. The van der Waals surface area contributed by atoms with Crippen LogP contribution >= 0.6 is 15.9 Å². The van der Waals surface area contributed by atoms with Gasteiger partial charge in [0, 0.05) is 12.7 Å². The van der Waals surface area contributed by atoms with Crippen LogP contribution in [-0.4, -0.2) is 36.2 Å². The van der Waals surface area contributed by atoms with Gasteiger partial charge in [-0.1, -0.05) is 0 Å². The quantitative estimate of drug-likeness (QED) is 0.622. The number of nitrogens with one attached hydrogen (secondary N) is 1. The molecular weight excluding hydrogens is 300 g/mol. The maximum Gasteiger partial charge on any atom is 0.266 e. The van der Waals surface area contributed by atoms with E-state index in [2.05, 4.69) is 26.2 Å². The number of hydrogen-bond donors (Lipinski definition) is 2. The van der Waals surface area contributed by atoms with E-state index >= 15 is 0 Å². The summed E-state index contributed by atoms with van der Waals surface area (Å²) in [5, 5.41) is 2.34. The number of amides is 1. The van der Waals surface area contributed by atoms with Crippen molar-refractivity contribution in [1.29, 1.82) is 0 Å². The Balaban J connectivity index is 2.50. The van der Waals surface area contributed by atoms with Crippen LogP contribution in [0.15, 0.2) is 22.9 Å². The van der Waals surface area contributed by atoms with Crippen LogP contribution in [0.4, 0.5) is 0 Å². The van der Waals surface area contributed by atoms with Crippen molar-refractivity contribution < 1.29 is 17.8 Å². The molecule has 8 heteroatoms. The van der Waals surface area contributed by atoms with Crippen LogP contribution in [0.5, 0.6) is 0 Å². The van der Waals surface area contributed by atoms with Gasteiger partial charge in [0.2, 0.25) is 0 Å². The summed E-state index contributed by atoms with van der Waals surface area (Å²) < 4.78 is 29.8. The van der Waals surface area contributed by atoms with Crippen molar-refractivity contribution in [3.05, 3.63) is 28.5 Å². The molecule has 0 saturated carbocycles. The first-order valence-electron chi connectivity index (χ1n) is 4.23. The smallest absolute Gasteiger partial charge is 0.266 e. The molecule has 0 bridgehead atoms. The summed E-state index contributed by atoms with van der Waals surface area (Å²) in [6.45, 7) is -0.145. The Hall–Kier alpha value is -0.990. The van der Waals surface area contributed by atoms with Crippen LogP contribution in [0.3, 0.4) is 0 Å². The van der Waals surface area contributed by atoms with Gasteiger partial charge in [-0.25, -0.2) is 4.98 Å². The lowest BCUT2D eigenvalue weighted by atomic mass is 10.3. The molecule has 2 N–H and O–H groups in total. The zero-order chi connectivity index (χ0) is 12.2. The Morgan fingerprint density at radius 2 is 2.19 bits per heavy atom. The molecule has 0 aliphatic rings.